The monoisotopic (exact) mass is 248 g/mol. The SMILES string of the molecule is OC1(c2ccc(Cl)cc2)CCCc2occc21. The highest BCUT2D eigenvalue weighted by Gasteiger charge is 2.37. The first kappa shape index (κ1) is 10.9. The first-order valence-corrected chi connectivity index (χ1v) is 6.13. The Morgan fingerprint density at radius 2 is 1.94 bits per heavy atom. The normalized spacial score (nSPS) is 23.4. The van der Waals surface area contributed by atoms with Crippen LogP contribution in [0.15, 0.2) is 41.0 Å². The van der Waals surface area contributed by atoms with Crippen LogP contribution in [0.2, 0.25) is 5.02 Å². The molecule has 0 saturated carbocycles. The molecular formula is C14H13ClO2. The molecule has 2 aromatic rings. The maximum atomic E-state index is 10.9. The molecule has 88 valence electrons. The number of rotatable bonds is 1. The highest BCUT2D eigenvalue weighted by Crippen LogP contribution is 2.41. The number of halogens is 1. The minimum atomic E-state index is -0.925. The van der Waals surface area contributed by atoms with Gasteiger partial charge in [-0.1, -0.05) is 23.7 Å². The molecule has 1 aliphatic rings. The predicted molar refractivity (Wildman–Crippen MR) is 66.1 cm³/mol. The van der Waals surface area contributed by atoms with Crippen LogP contribution >= 0.6 is 11.6 Å². The molecule has 1 atom stereocenters. The molecule has 3 rings (SSSR count). The van der Waals surface area contributed by atoms with Crippen molar-refractivity contribution in [1.82, 2.24) is 0 Å². The van der Waals surface area contributed by atoms with Crippen LogP contribution in [0.25, 0.3) is 0 Å². The lowest BCUT2D eigenvalue weighted by Crippen LogP contribution is -2.30. The fourth-order valence-corrected chi connectivity index (χ4v) is 2.69. The molecule has 1 aromatic heterocycles. The number of hydrogen-bond donors (Lipinski definition) is 1. The summed E-state index contributed by atoms with van der Waals surface area (Å²) in [6.07, 6.45) is 4.20. The highest BCUT2D eigenvalue weighted by molar-refractivity contribution is 6.30. The first-order valence-electron chi connectivity index (χ1n) is 5.75. The van der Waals surface area contributed by atoms with Crippen molar-refractivity contribution in [1.29, 1.82) is 0 Å². The maximum Gasteiger partial charge on any atom is 0.118 e. The summed E-state index contributed by atoms with van der Waals surface area (Å²) < 4.78 is 5.41. The van der Waals surface area contributed by atoms with Crippen LogP contribution in [-0.4, -0.2) is 5.11 Å². The van der Waals surface area contributed by atoms with Crippen molar-refractivity contribution in [2.45, 2.75) is 24.9 Å². The van der Waals surface area contributed by atoms with Crippen molar-refractivity contribution in [3.05, 3.63) is 58.5 Å². The van der Waals surface area contributed by atoms with Crippen LogP contribution in [0.4, 0.5) is 0 Å². The number of aliphatic hydroxyl groups is 1. The Hall–Kier alpha value is -1.25. The van der Waals surface area contributed by atoms with Gasteiger partial charge in [0.1, 0.15) is 11.4 Å². The number of furan rings is 1. The molecule has 2 nitrogen and oxygen atoms in total. The molecule has 1 heterocycles. The topological polar surface area (TPSA) is 33.4 Å². The minimum absolute atomic E-state index is 0.681. The summed E-state index contributed by atoms with van der Waals surface area (Å²) in [5, 5.41) is 11.6. The Labute approximate surface area is 105 Å². The third-order valence-electron chi connectivity index (χ3n) is 3.46. The third kappa shape index (κ3) is 1.68. The van der Waals surface area contributed by atoms with Gasteiger partial charge in [0.2, 0.25) is 0 Å². The molecule has 0 bridgehead atoms. The average molecular weight is 249 g/mol. The van der Waals surface area contributed by atoms with E-state index in [1.807, 2.05) is 30.3 Å². The predicted octanol–water partition coefficient (Wildman–Crippen LogP) is 3.51. The van der Waals surface area contributed by atoms with E-state index in [1.54, 1.807) is 6.26 Å². The summed E-state index contributed by atoms with van der Waals surface area (Å²) >= 11 is 5.87. The van der Waals surface area contributed by atoms with Crippen molar-refractivity contribution < 1.29 is 9.52 Å². The van der Waals surface area contributed by atoms with E-state index >= 15 is 0 Å². The Kier molecular flexibility index (Phi) is 2.49. The second-order valence-corrected chi connectivity index (χ2v) is 4.91. The molecule has 1 unspecified atom stereocenters. The number of aryl methyl sites for hydroxylation is 1. The van der Waals surface area contributed by atoms with Crippen molar-refractivity contribution in [2.75, 3.05) is 0 Å². The van der Waals surface area contributed by atoms with Gasteiger partial charge in [-0.25, -0.2) is 0 Å². The second-order valence-electron chi connectivity index (χ2n) is 4.48. The van der Waals surface area contributed by atoms with Gasteiger partial charge in [0.05, 0.1) is 6.26 Å². The van der Waals surface area contributed by atoms with Crippen molar-refractivity contribution in [2.24, 2.45) is 0 Å². The van der Waals surface area contributed by atoms with Crippen LogP contribution in [0.1, 0.15) is 29.7 Å². The summed E-state index contributed by atoms with van der Waals surface area (Å²) in [5.41, 5.74) is 0.848. The first-order chi connectivity index (χ1) is 8.20. The highest BCUT2D eigenvalue weighted by atomic mass is 35.5. The van der Waals surface area contributed by atoms with E-state index in [9.17, 15) is 5.11 Å². The fraction of sp³-hybridized carbons (Fsp3) is 0.286. The van der Waals surface area contributed by atoms with E-state index in [0.717, 1.165) is 36.1 Å². The minimum Gasteiger partial charge on any atom is -0.469 e. The number of hydrogen-bond acceptors (Lipinski definition) is 2. The van der Waals surface area contributed by atoms with Gasteiger partial charge in [-0.05, 0) is 36.6 Å². The molecule has 1 aromatic carbocycles. The van der Waals surface area contributed by atoms with Crippen LogP contribution in [0, 0.1) is 0 Å². The summed E-state index contributed by atoms with van der Waals surface area (Å²) in [6.45, 7) is 0. The Morgan fingerprint density at radius 3 is 2.71 bits per heavy atom. The summed E-state index contributed by atoms with van der Waals surface area (Å²) in [4.78, 5) is 0. The summed E-state index contributed by atoms with van der Waals surface area (Å²) in [7, 11) is 0. The van der Waals surface area contributed by atoms with Gasteiger partial charge in [-0.3, -0.25) is 0 Å². The van der Waals surface area contributed by atoms with Gasteiger partial charge in [-0.2, -0.15) is 0 Å². The Bertz CT molecular complexity index is 529. The van der Waals surface area contributed by atoms with E-state index in [1.165, 1.54) is 0 Å². The van der Waals surface area contributed by atoms with E-state index < -0.39 is 5.60 Å². The van der Waals surface area contributed by atoms with Crippen molar-refractivity contribution >= 4 is 11.6 Å². The average Bonchev–Trinajstić information content (AvgIpc) is 2.80. The van der Waals surface area contributed by atoms with Crippen LogP contribution in [0.5, 0.6) is 0 Å². The van der Waals surface area contributed by atoms with Crippen LogP contribution < -0.4 is 0 Å². The molecule has 0 aliphatic heterocycles. The summed E-state index contributed by atoms with van der Waals surface area (Å²) in [6, 6.07) is 9.24. The van der Waals surface area contributed by atoms with Gasteiger partial charge < -0.3 is 9.52 Å². The lowest BCUT2D eigenvalue weighted by atomic mass is 9.78. The van der Waals surface area contributed by atoms with Gasteiger partial charge >= 0.3 is 0 Å². The zero-order chi connectivity index (χ0) is 11.9. The van der Waals surface area contributed by atoms with Gasteiger partial charge in [-0.15, -0.1) is 0 Å². The second kappa shape index (κ2) is 3.90. The smallest absolute Gasteiger partial charge is 0.118 e. The number of fused-ring (bicyclic) bond motifs is 1. The molecule has 0 fully saturated rings. The largest absolute Gasteiger partial charge is 0.469 e. The van der Waals surface area contributed by atoms with E-state index in [-0.39, 0.29) is 0 Å². The zero-order valence-electron chi connectivity index (χ0n) is 9.32. The van der Waals surface area contributed by atoms with Crippen molar-refractivity contribution in [3.8, 4) is 0 Å². The molecule has 0 amide bonds. The standard InChI is InChI=1S/C14H13ClO2/c15-11-5-3-10(4-6-11)14(16)8-1-2-13-12(14)7-9-17-13/h3-7,9,16H,1-2,8H2. The molecule has 17 heavy (non-hydrogen) atoms. The van der Waals surface area contributed by atoms with Crippen molar-refractivity contribution in [3.63, 3.8) is 0 Å². The number of benzene rings is 1. The molecule has 1 N–H and O–H groups in total. The maximum absolute atomic E-state index is 10.9. The van der Waals surface area contributed by atoms with E-state index in [2.05, 4.69) is 0 Å². The molecule has 3 heteroatoms. The Balaban J connectivity index is 2.11. The van der Waals surface area contributed by atoms with Gasteiger partial charge in [0.15, 0.2) is 0 Å². The molecule has 0 saturated heterocycles. The third-order valence-corrected chi connectivity index (χ3v) is 3.71. The quantitative estimate of drug-likeness (QED) is 0.838. The Morgan fingerprint density at radius 1 is 1.18 bits per heavy atom. The molecule has 0 radical (unpaired) electrons. The molecule has 0 spiro atoms. The lowest BCUT2D eigenvalue weighted by Gasteiger charge is -2.32. The van der Waals surface area contributed by atoms with E-state index in [4.69, 9.17) is 16.0 Å². The van der Waals surface area contributed by atoms with Gasteiger partial charge in [0, 0.05) is 17.0 Å². The fourth-order valence-electron chi connectivity index (χ4n) is 2.57. The van der Waals surface area contributed by atoms with Crippen LogP contribution in [-0.2, 0) is 12.0 Å². The lowest BCUT2D eigenvalue weighted by molar-refractivity contribution is 0.0589. The van der Waals surface area contributed by atoms with E-state index in [0.29, 0.717) is 5.02 Å². The molecular weight excluding hydrogens is 236 g/mol. The van der Waals surface area contributed by atoms with Gasteiger partial charge in [0.25, 0.3) is 0 Å². The van der Waals surface area contributed by atoms with Crippen LogP contribution in [0.3, 0.4) is 0 Å². The molecule has 1 aliphatic carbocycles. The summed E-state index contributed by atoms with van der Waals surface area (Å²) in [5.74, 6) is 0.897. The zero-order valence-corrected chi connectivity index (χ0v) is 10.1.